The highest BCUT2D eigenvalue weighted by Gasteiger charge is 2.32. The number of rotatable bonds is 5. The Labute approximate surface area is 116 Å². The number of hydrogen-bond acceptors (Lipinski definition) is 2. The van der Waals surface area contributed by atoms with E-state index in [4.69, 9.17) is 17.3 Å². The second-order valence-electron chi connectivity index (χ2n) is 4.66. The normalized spacial score (nSPS) is 12.0. The maximum atomic E-state index is 12.6. The SMILES string of the molecule is CC(C)N(CC(F)(F)F)c1ccc(CCN)cc1Cl. The smallest absolute Gasteiger partial charge is 0.359 e. The fourth-order valence-electron chi connectivity index (χ4n) is 1.84. The molecule has 0 radical (unpaired) electrons. The molecule has 0 heterocycles. The molecule has 108 valence electrons. The standard InChI is InChI=1S/C13H18ClF3N2/c1-9(2)19(8-13(15,16)17)12-4-3-10(5-6-18)7-11(12)14/h3-4,7,9H,5-6,8,18H2,1-2H3. The van der Waals surface area contributed by atoms with E-state index in [1.165, 1.54) is 4.90 Å². The third-order valence-electron chi connectivity index (χ3n) is 2.73. The van der Waals surface area contributed by atoms with Crippen LogP contribution in [-0.2, 0) is 6.42 Å². The fraction of sp³-hybridized carbons (Fsp3) is 0.538. The lowest BCUT2D eigenvalue weighted by atomic mass is 10.1. The zero-order chi connectivity index (χ0) is 14.6. The molecule has 0 atom stereocenters. The Morgan fingerprint density at radius 3 is 2.37 bits per heavy atom. The van der Waals surface area contributed by atoms with Crippen molar-refractivity contribution in [2.45, 2.75) is 32.5 Å². The van der Waals surface area contributed by atoms with Gasteiger partial charge < -0.3 is 10.6 Å². The average Bonchev–Trinajstić information content (AvgIpc) is 2.25. The van der Waals surface area contributed by atoms with Gasteiger partial charge in [0.05, 0.1) is 10.7 Å². The van der Waals surface area contributed by atoms with E-state index in [9.17, 15) is 13.2 Å². The predicted molar refractivity (Wildman–Crippen MR) is 72.7 cm³/mol. The quantitative estimate of drug-likeness (QED) is 0.899. The number of anilines is 1. The Bertz CT molecular complexity index is 419. The third kappa shape index (κ3) is 4.91. The molecule has 0 aliphatic carbocycles. The largest absolute Gasteiger partial charge is 0.405 e. The van der Waals surface area contributed by atoms with Crippen molar-refractivity contribution in [3.63, 3.8) is 0 Å². The van der Waals surface area contributed by atoms with E-state index in [-0.39, 0.29) is 6.04 Å². The highest BCUT2D eigenvalue weighted by molar-refractivity contribution is 6.33. The second kappa shape index (κ2) is 6.48. The first-order chi connectivity index (χ1) is 8.74. The molecule has 0 unspecified atom stereocenters. The van der Waals surface area contributed by atoms with Crippen LogP contribution in [0.25, 0.3) is 0 Å². The van der Waals surface area contributed by atoms with Crippen molar-refractivity contribution in [1.82, 2.24) is 0 Å². The summed E-state index contributed by atoms with van der Waals surface area (Å²) in [6.45, 7) is 2.87. The van der Waals surface area contributed by atoms with Gasteiger partial charge in [0.2, 0.25) is 0 Å². The van der Waals surface area contributed by atoms with Gasteiger partial charge in [-0.1, -0.05) is 17.7 Å². The molecule has 1 rings (SSSR count). The van der Waals surface area contributed by atoms with Gasteiger partial charge in [-0.2, -0.15) is 13.2 Å². The molecule has 0 saturated heterocycles. The zero-order valence-corrected chi connectivity index (χ0v) is 11.7. The summed E-state index contributed by atoms with van der Waals surface area (Å²) in [5.41, 5.74) is 6.76. The van der Waals surface area contributed by atoms with Crippen molar-refractivity contribution < 1.29 is 13.2 Å². The maximum absolute atomic E-state index is 12.6. The summed E-state index contributed by atoms with van der Waals surface area (Å²) in [6.07, 6.45) is -3.61. The molecule has 0 amide bonds. The summed E-state index contributed by atoms with van der Waals surface area (Å²) in [5.74, 6) is 0. The molecule has 0 spiro atoms. The number of nitrogens with zero attached hydrogens (tertiary/aromatic N) is 1. The second-order valence-corrected chi connectivity index (χ2v) is 5.07. The molecular formula is C13H18ClF3N2. The average molecular weight is 295 g/mol. The van der Waals surface area contributed by atoms with Crippen molar-refractivity contribution in [3.05, 3.63) is 28.8 Å². The van der Waals surface area contributed by atoms with Crippen molar-refractivity contribution >= 4 is 17.3 Å². The lowest BCUT2D eigenvalue weighted by Gasteiger charge is -2.30. The van der Waals surface area contributed by atoms with Gasteiger partial charge in [0, 0.05) is 6.04 Å². The maximum Gasteiger partial charge on any atom is 0.405 e. The van der Waals surface area contributed by atoms with Crippen LogP contribution in [0.15, 0.2) is 18.2 Å². The number of benzene rings is 1. The van der Waals surface area contributed by atoms with Crippen molar-refractivity contribution in [3.8, 4) is 0 Å². The van der Waals surface area contributed by atoms with Crippen LogP contribution in [0.4, 0.5) is 18.9 Å². The van der Waals surface area contributed by atoms with Crippen molar-refractivity contribution in [1.29, 1.82) is 0 Å². The molecule has 2 nitrogen and oxygen atoms in total. The van der Waals surface area contributed by atoms with Gasteiger partial charge in [0.1, 0.15) is 6.54 Å². The van der Waals surface area contributed by atoms with E-state index < -0.39 is 12.7 Å². The molecule has 0 bridgehead atoms. The molecule has 0 saturated carbocycles. The van der Waals surface area contributed by atoms with E-state index in [0.717, 1.165) is 5.56 Å². The molecule has 6 heteroatoms. The Balaban J connectivity index is 3.03. The van der Waals surface area contributed by atoms with E-state index in [1.54, 1.807) is 32.0 Å². The number of halogens is 4. The van der Waals surface area contributed by atoms with Crippen LogP contribution in [0.5, 0.6) is 0 Å². The van der Waals surface area contributed by atoms with Crippen molar-refractivity contribution in [2.75, 3.05) is 18.0 Å². The highest BCUT2D eigenvalue weighted by atomic mass is 35.5. The molecule has 0 fully saturated rings. The zero-order valence-electron chi connectivity index (χ0n) is 11.0. The van der Waals surface area contributed by atoms with Gasteiger partial charge in [-0.3, -0.25) is 0 Å². The lowest BCUT2D eigenvalue weighted by Crippen LogP contribution is -2.39. The molecule has 0 aromatic heterocycles. The molecule has 1 aromatic carbocycles. The molecule has 19 heavy (non-hydrogen) atoms. The minimum absolute atomic E-state index is 0.292. The van der Waals surface area contributed by atoms with Crippen LogP contribution < -0.4 is 10.6 Å². The van der Waals surface area contributed by atoms with Crippen LogP contribution in [0.3, 0.4) is 0 Å². The van der Waals surface area contributed by atoms with Gasteiger partial charge >= 0.3 is 6.18 Å². The van der Waals surface area contributed by atoms with E-state index >= 15 is 0 Å². The van der Waals surface area contributed by atoms with Crippen LogP contribution in [0.1, 0.15) is 19.4 Å². The lowest BCUT2D eigenvalue weighted by molar-refractivity contribution is -0.120. The van der Waals surface area contributed by atoms with Crippen LogP contribution in [-0.4, -0.2) is 25.3 Å². The van der Waals surface area contributed by atoms with E-state index in [0.29, 0.717) is 23.7 Å². The summed E-state index contributed by atoms with van der Waals surface area (Å²) in [7, 11) is 0. The number of hydrogen-bond donors (Lipinski definition) is 1. The monoisotopic (exact) mass is 294 g/mol. The van der Waals surface area contributed by atoms with Gasteiger partial charge in [0.15, 0.2) is 0 Å². The van der Waals surface area contributed by atoms with Gasteiger partial charge in [0.25, 0.3) is 0 Å². The minimum Gasteiger partial charge on any atom is -0.359 e. The topological polar surface area (TPSA) is 29.3 Å². The summed E-state index contributed by atoms with van der Waals surface area (Å²) in [4.78, 5) is 1.24. The van der Waals surface area contributed by atoms with Gasteiger partial charge in [-0.25, -0.2) is 0 Å². The van der Waals surface area contributed by atoms with Gasteiger partial charge in [-0.15, -0.1) is 0 Å². The molecular weight excluding hydrogens is 277 g/mol. The first-order valence-electron chi connectivity index (χ1n) is 6.06. The summed E-state index contributed by atoms with van der Waals surface area (Å²) < 4.78 is 37.7. The Morgan fingerprint density at radius 2 is 1.95 bits per heavy atom. The third-order valence-corrected chi connectivity index (χ3v) is 3.03. The minimum atomic E-state index is -4.26. The predicted octanol–water partition coefficient (Wildman–Crippen LogP) is 3.62. The molecule has 1 aromatic rings. The Morgan fingerprint density at radius 1 is 1.32 bits per heavy atom. The van der Waals surface area contributed by atoms with Crippen LogP contribution in [0.2, 0.25) is 5.02 Å². The summed E-state index contributed by atoms with van der Waals surface area (Å²) >= 11 is 6.08. The number of alkyl halides is 3. The molecule has 2 N–H and O–H groups in total. The van der Waals surface area contributed by atoms with E-state index in [1.807, 2.05) is 0 Å². The molecule has 0 aliphatic rings. The number of nitrogens with two attached hydrogens (primary N) is 1. The summed E-state index contributed by atoms with van der Waals surface area (Å²) in [5, 5.41) is 0.323. The highest BCUT2D eigenvalue weighted by Crippen LogP contribution is 2.31. The molecule has 0 aliphatic heterocycles. The van der Waals surface area contributed by atoms with E-state index in [2.05, 4.69) is 0 Å². The fourth-order valence-corrected chi connectivity index (χ4v) is 2.16. The Hall–Kier alpha value is -0.940. The summed E-state index contributed by atoms with van der Waals surface area (Å²) in [6, 6.07) is 4.77. The van der Waals surface area contributed by atoms with Gasteiger partial charge in [-0.05, 0) is 44.5 Å². The van der Waals surface area contributed by atoms with Crippen molar-refractivity contribution in [2.24, 2.45) is 5.73 Å². The van der Waals surface area contributed by atoms with Crippen LogP contribution >= 0.6 is 11.6 Å². The Kier molecular flexibility index (Phi) is 5.50. The van der Waals surface area contributed by atoms with Crippen LogP contribution in [0, 0.1) is 0 Å². The first kappa shape index (κ1) is 16.1. The first-order valence-corrected chi connectivity index (χ1v) is 6.44.